The van der Waals surface area contributed by atoms with Crippen LogP contribution in [0.25, 0.3) is 0 Å². The van der Waals surface area contributed by atoms with Crippen LogP contribution in [0.2, 0.25) is 0 Å². The van der Waals surface area contributed by atoms with E-state index in [4.69, 9.17) is 5.73 Å². The molecule has 0 atom stereocenters. The van der Waals surface area contributed by atoms with Gasteiger partial charge in [0.2, 0.25) is 10.1 Å². The maximum absolute atomic E-state index is 11.6. The fourth-order valence-corrected chi connectivity index (χ4v) is 2.44. The van der Waals surface area contributed by atoms with Crippen LogP contribution in [0.5, 0.6) is 0 Å². The summed E-state index contributed by atoms with van der Waals surface area (Å²) in [5.74, 6) is -0.184. The van der Waals surface area contributed by atoms with Gasteiger partial charge in [-0.25, -0.2) is 0 Å². The Morgan fingerprint density at radius 1 is 1.35 bits per heavy atom. The standard InChI is InChI=1S/C10H17N5OS/c11-10-14-13-9(17-10)8(16)12-4-7-15-5-2-1-3-6-15/h1-7H2,(H2,11,14)(H,12,16). The van der Waals surface area contributed by atoms with Gasteiger partial charge in [0.05, 0.1) is 0 Å². The molecule has 1 fully saturated rings. The Kier molecular flexibility index (Phi) is 4.27. The molecule has 6 nitrogen and oxygen atoms in total. The lowest BCUT2D eigenvalue weighted by Gasteiger charge is -2.26. The van der Waals surface area contributed by atoms with Crippen LogP contribution in [0, 0.1) is 0 Å². The molecule has 0 radical (unpaired) electrons. The molecule has 1 aliphatic heterocycles. The molecule has 0 bridgehead atoms. The normalized spacial score (nSPS) is 16.9. The quantitative estimate of drug-likeness (QED) is 0.810. The van der Waals surface area contributed by atoms with Crippen LogP contribution in [-0.2, 0) is 0 Å². The maximum atomic E-state index is 11.6. The van der Waals surface area contributed by atoms with Gasteiger partial charge in [-0.1, -0.05) is 17.8 Å². The summed E-state index contributed by atoms with van der Waals surface area (Å²) in [7, 11) is 0. The van der Waals surface area contributed by atoms with Crippen LogP contribution < -0.4 is 11.1 Å². The third-order valence-corrected chi connectivity index (χ3v) is 3.55. The molecule has 1 aliphatic rings. The zero-order valence-corrected chi connectivity index (χ0v) is 10.5. The maximum Gasteiger partial charge on any atom is 0.282 e. The molecule has 2 heterocycles. The van der Waals surface area contributed by atoms with Crippen molar-refractivity contribution in [3.63, 3.8) is 0 Å². The van der Waals surface area contributed by atoms with Gasteiger partial charge in [-0.3, -0.25) is 4.79 Å². The van der Waals surface area contributed by atoms with Gasteiger partial charge in [-0.2, -0.15) is 0 Å². The first-order valence-corrected chi connectivity index (χ1v) is 6.67. The molecule has 7 heteroatoms. The highest BCUT2D eigenvalue weighted by Gasteiger charge is 2.13. The number of nitrogens with two attached hydrogens (primary N) is 1. The number of aromatic nitrogens is 2. The van der Waals surface area contributed by atoms with E-state index >= 15 is 0 Å². The monoisotopic (exact) mass is 255 g/mol. The van der Waals surface area contributed by atoms with E-state index in [-0.39, 0.29) is 5.91 Å². The van der Waals surface area contributed by atoms with Crippen molar-refractivity contribution >= 4 is 22.4 Å². The van der Waals surface area contributed by atoms with Crippen molar-refractivity contribution in [3.05, 3.63) is 5.01 Å². The third kappa shape index (κ3) is 3.64. The van der Waals surface area contributed by atoms with Gasteiger partial charge in [-0.15, -0.1) is 10.2 Å². The number of amides is 1. The first kappa shape index (κ1) is 12.3. The molecule has 0 spiro atoms. The Labute approximate surface area is 104 Å². The van der Waals surface area contributed by atoms with Gasteiger partial charge < -0.3 is 16.0 Å². The molecule has 1 aromatic heterocycles. The molecule has 17 heavy (non-hydrogen) atoms. The molecule has 1 amide bonds. The smallest absolute Gasteiger partial charge is 0.282 e. The van der Waals surface area contributed by atoms with E-state index in [0.717, 1.165) is 31.0 Å². The second-order valence-corrected chi connectivity index (χ2v) is 5.11. The summed E-state index contributed by atoms with van der Waals surface area (Å²) < 4.78 is 0. The molecular weight excluding hydrogens is 238 g/mol. The van der Waals surface area contributed by atoms with E-state index in [1.807, 2.05) is 0 Å². The molecule has 0 aliphatic carbocycles. The fourth-order valence-electron chi connectivity index (χ4n) is 1.91. The summed E-state index contributed by atoms with van der Waals surface area (Å²) in [5.41, 5.74) is 5.42. The minimum absolute atomic E-state index is 0.184. The van der Waals surface area contributed by atoms with Crippen LogP contribution in [0.4, 0.5) is 5.13 Å². The van der Waals surface area contributed by atoms with E-state index in [2.05, 4.69) is 20.4 Å². The summed E-state index contributed by atoms with van der Waals surface area (Å²) in [6.07, 6.45) is 3.86. The number of nitrogens with zero attached hydrogens (tertiary/aromatic N) is 3. The average Bonchev–Trinajstić information content (AvgIpc) is 2.77. The summed E-state index contributed by atoms with van der Waals surface area (Å²) in [6.45, 7) is 3.83. The van der Waals surface area contributed by atoms with E-state index < -0.39 is 0 Å². The largest absolute Gasteiger partial charge is 0.374 e. The number of carbonyl (C=O) groups is 1. The minimum Gasteiger partial charge on any atom is -0.374 e. The zero-order valence-electron chi connectivity index (χ0n) is 9.69. The topological polar surface area (TPSA) is 84.1 Å². The summed E-state index contributed by atoms with van der Waals surface area (Å²) >= 11 is 1.11. The Morgan fingerprint density at radius 3 is 2.76 bits per heavy atom. The number of likely N-dealkylation sites (tertiary alicyclic amines) is 1. The molecule has 0 aromatic carbocycles. The Morgan fingerprint density at radius 2 is 2.12 bits per heavy atom. The lowest BCUT2D eigenvalue weighted by molar-refractivity contribution is 0.0945. The summed E-state index contributed by atoms with van der Waals surface area (Å²) in [4.78, 5) is 14.0. The Hall–Kier alpha value is -1.21. The van der Waals surface area contributed by atoms with Crippen LogP contribution >= 0.6 is 11.3 Å². The first-order valence-electron chi connectivity index (χ1n) is 5.85. The minimum atomic E-state index is -0.184. The van der Waals surface area contributed by atoms with Gasteiger partial charge in [0.25, 0.3) is 5.91 Å². The van der Waals surface area contributed by atoms with Crippen molar-refractivity contribution in [1.82, 2.24) is 20.4 Å². The number of rotatable bonds is 4. The van der Waals surface area contributed by atoms with Crippen molar-refractivity contribution in [1.29, 1.82) is 0 Å². The van der Waals surface area contributed by atoms with Crippen LogP contribution in [0.1, 0.15) is 29.1 Å². The molecule has 0 unspecified atom stereocenters. The Balaban J connectivity index is 1.69. The van der Waals surface area contributed by atoms with Gasteiger partial charge >= 0.3 is 0 Å². The van der Waals surface area contributed by atoms with Gasteiger partial charge in [-0.05, 0) is 25.9 Å². The van der Waals surface area contributed by atoms with E-state index in [1.54, 1.807) is 0 Å². The molecule has 94 valence electrons. The SMILES string of the molecule is Nc1nnc(C(=O)NCCN2CCCCC2)s1. The van der Waals surface area contributed by atoms with E-state index in [0.29, 0.717) is 16.7 Å². The number of nitrogen functional groups attached to an aromatic ring is 1. The van der Waals surface area contributed by atoms with E-state index in [9.17, 15) is 4.79 Å². The van der Waals surface area contributed by atoms with Crippen molar-refractivity contribution in [2.24, 2.45) is 0 Å². The second kappa shape index (κ2) is 5.92. The van der Waals surface area contributed by atoms with Crippen molar-refractivity contribution in [3.8, 4) is 0 Å². The van der Waals surface area contributed by atoms with Gasteiger partial charge in [0.15, 0.2) is 0 Å². The van der Waals surface area contributed by atoms with Crippen molar-refractivity contribution in [2.75, 3.05) is 31.9 Å². The molecule has 1 saturated heterocycles. The number of nitrogens with one attached hydrogen (secondary N) is 1. The average molecular weight is 255 g/mol. The number of carbonyl (C=O) groups excluding carboxylic acids is 1. The Bertz CT molecular complexity index is 375. The highest BCUT2D eigenvalue weighted by molar-refractivity contribution is 7.16. The molecule has 3 N–H and O–H groups in total. The lowest BCUT2D eigenvalue weighted by Crippen LogP contribution is -2.37. The first-order chi connectivity index (χ1) is 8.25. The lowest BCUT2D eigenvalue weighted by atomic mass is 10.1. The second-order valence-electron chi connectivity index (χ2n) is 4.10. The summed E-state index contributed by atoms with van der Waals surface area (Å²) in [5, 5.41) is 10.8. The molecule has 0 saturated carbocycles. The van der Waals surface area contributed by atoms with Crippen LogP contribution in [0.15, 0.2) is 0 Å². The van der Waals surface area contributed by atoms with Gasteiger partial charge in [0.1, 0.15) is 0 Å². The zero-order chi connectivity index (χ0) is 12.1. The molecule has 1 aromatic rings. The van der Waals surface area contributed by atoms with Gasteiger partial charge in [0, 0.05) is 13.1 Å². The predicted molar refractivity (Wildman–Crippen MR) is 66.9 cm³/mol. The predicted octanol–water partition coefficient (Wildman–Crippen LogP) is 0.336. The van der Waals surface area contributed by atoms with Crippen molar-refractivity contribution < 1.29 is 4.79 Å². The molecular formula is C10H17N5OS. The van der Waals surface area contributed by atoms with Crippen LogP contribution in [0.3, 0.4) is 0 Å². The number of piperidine rings is 1. The highest BCUT2D eigenvalue weighted by Crippen LogP contribution is 2.10. The number of anilines is 1. The van der Waals surface area contributed by atoms with E-state index in [1.165, 1.54) is 19.3 Å². The van der Waals surface area contributed by atoms with Crippen LogP contribution in [-0.4, -0.2) is 47.2 Å². The van der Waals surface area contributed by atoms with Crippen molar-refractivity contribution in [2.45, 2.75) is 19.3 Å². The summed E-state index contributed by atoms with van der Waals surface area (Å²) in [6, 6.07) is 0. The third-order valence-electron chi connectivity index (χ3n) is 2.80. The highest BCUT2D eigenvalue weighted by atomic mass is 32.1. The molecule has 2 rings (SSSR count). The number of hydrogen-bond donors (Lipinski definition) is 2. The number of hydrogen-bond acceptors (Lipinski definition) is 6. The fraction of sp³-hybridized carbons (Fsp3) is 0.700.